The van der Waals surface area contributed by atoms with Gasteiger partial charge in [0.15, 0.2) is 5.00 Å². The van der Waals surface area contributed by atoms with Gasteiger partial charge >= 0.3 is 0 Å². The summed E-state index contributed by atoms with van der Waals surface area (Å²) in [4.78, 5) is 2.76. The summed E-state index contributed by atoms with van der Waals surface area (Å²) in [5, 5.41) is 27.6. The number of anilines is 1. The molecule has 0 bridgehead atoms. The second kappa shape index (κ2) is 11.4. The fourth-order valence-electron chi connectivity index (χ4n) is 3.41. The molecule has 3 rings (SSSR count). The number of likely N-dealkylation sites (N-methyl/N-ethyl adjacent to an activating group) is 1. The molecule has 0 saturated carbocycles. The van der Waals surface area contributed by atoms with E-state index in [9.17, 15) is 10.5 Å². The molecule has 0 fully saturated rings. The summed E-state index contributed by atoms with van der Waals surface area (Å²) in [6.07, 6.45) is 6.08. The monoisotopic (exact) mass is 462 g/mol. The molecule has 0 aliphatic heterocycles. The van der Waals surface area contributed by atoms with E-state index < -0.39 is 0 Å². The fraction of sp³-hybridized carbons (Fsp3) is 0.375. The smallest absolute Gasteiger partial charge is 0.243 e. The molecule has 0 saturated heterocycles. The van der Waals surface area contributed by atoms with Crippen LogP contribution in [0.4, 0.5) is 16.4 Å². The van der Waals surface area contributed by atoms with E-state index in [1.165, 1.54) is 11.3 Å². The predicted molar refractivity (Wildman–Crippen MR) is 128 cm³/mol. The summed E-state index contributed by atoms with van der Waals surface area (Å²) in [6, 6.07) is 10.3. The van der Waals surface area contributed by atoms with Crippen LogP contribution < -0.4 is 9.47 Å². The highest BCUT2D eigenvalue weighted by molar-refractivity contribution is 7.16. The van der Waals surface area contributed by atoms with Gasteiger partial charge in [0, 0.05) is 18.8 Å². The summed E-state index contributed by atoms with van der Waals surface area (Å²) in [6.45, 7) is 9.70. The average molecular weight is 463 g/mol. The Bertz CT molecular complexity index is 1210. The number of ether oxygens (including phenoxy) is 1. The topological polar surface area (TPSA) is 93.6 Å². The molecule has 0 N–H and O–H groups in total. The Balaban J connectivity index is 1.60. The van der Waals surface area contributed by atoms with Gasteiger partial charge in [-0.2, -0.15) is 10.5 Å². The van der Waals surface area contributed by atoms with E-state index in [1.807, 2.05) is 49.4 Å². The minimum atomic E-state index is 0.414. The van der Waals surface area contributed by atoms with Gasteiger partial charge in [0.2, 0.25) is 6.33 Å². The molecule has 0 amide bonds. The number of benzene rings is 1. The number of hydrogen-bond acceptors (Lipinski definition) is 7. The number of imidazole rings is 1. The van der Waals surface area contributed by atoms with Crippen LogP contribution in [0.15, 0.2) is 47.1 Å². The molecular weight excluding hydrogens is 434 g/mol. The molecule has 0 aliphatic carbocycles. The SMILES string of the molecule is CCN(CCOCCn1cc[n+](C)c1)c1ccc(/N=N/c2sc(C#N)c(C)c2C#N)c(C)c1. The molecular formula is C24H28N7OS+. The Morgan fingerprint density at radius 1 is 1.18 bits per heavy atom. The summed E-state index contributed by atoms with van der Waals surface area (Å²) in [7, 11) is 2.00. The van der Waals surface area contributed by atoms with Crippen LogP contribution in [0, 0.1) is 36.5 Å². The van der Waals surface area contributed by atoms with Crippen molar-refractivity contribution in [3.05, 3.63) is 58.5 Å². The maximum Gasteiger partial charge on any atom is 0.243 e. The number of nitriles is 2. The van der Waals surface area contributed by atoms with Crippen molar-refractivity contribution in [1.29, 1.82) is 10.5 Å². The van der Waals surface area contributed by atoms with Gasteiger partial charge in [-0.15, -0.1) is 21.6 Å². The predicted octanol–water partition coefficient (Wildman–Crippen LogP) is 4.69. The van der Waals surface area contributed by atoms with Crippen molar-refractivity contribution < 1.29 is 9.30 Å². The zero-order chi connectivity index (χ0) is 23.8. The van der Waals surface area contributed by atoms with Crippen LogP contribution in [0.2, 0.25) is 0 Å². The second-order valence-electron chi connectivity index (χ2n) is 7.64. The van der Waals surface area contributed by atoms with Crippen molar-refractivity contribution >= 4 is 27.7 Å². The van der Waals surface area contributed by atoms with Crippen molar-refractivity contribution in [3.63, 3.8) is 0 Å². The molecule has 0 unspecified atom stereocenters. The molecule has 1 aromatic carbocycles. The van der Waals surface area contributed by atoms with Crippen molar-refractivity contribution in [2.45, 2.75) is 27.3 Å². The maximum absolute atomic E-state index is 9.38. The summed E-state index contributed by atoms with van der Waals surface area (Å²) >= 11 is 1.19. The van der Waals surface area contributed by atoms with E-state index in [2.05, 4.69) is 44.8 Å². The summed E-state index contributed by atoms with van der Waals surface area (Å²) in [5.74, 6) is 0. The van der Waals surface area contributed by atoms with Gasteiger partial charge in [0.05, 0.1) is 31.5 Å². The highest BCUT2D eigenvalue weighted by Gasteiger charge is 2.14. The third-order valence-corrected chi connectivity index (χ3v) is 6.42. The van der Waals surface area contributed by atoms with Crippen LogP contribution >= 0.6 is 11.3 Å². The van der Waals surface area contributed by atoms with Gasteiger partial charge in [0.25, 0.3) is 0 Å². The first-order valence-electron chi connectivity index (χ1n) is 10.8. The van der Waals surface area contributed by atoms with E-state index in [1.54, 1.807) is 6.92 Å². The minimum absolute atomic E-state index is 0.414. The lowest BCUT2D eigenvalue weighted by atomic mass is 10.1. The fourth-order valence-corrected chi connectivity index (χ4v) is 4.28. The Morgan fingerprint density at radius 3 is 2.64 bits per heavy atom. The number of hydrogen-bond donors (Lipinski definition) is 0. The van der Waals surface area contributed by atoms with E-state index in [0.29, 0.717) is 34.2 Å². The maximum atomic E-state index is 9.38. The third kappa shape index (κ3) is 6.04. The van der Waals surface area contributed by atoms with E-state index in [0.717, 1.165) is 36.6 Å². The molecule has 0 radical (unpaired) electrons. The molecule has 2 heterocycles. The Kier molecular flexibility index (Phi) is 8.31. The third-order valence-electron chi connectivity index (χ3n) is 5.34. The largest absolute Gasteiger partial charge is 0.376 e. The minimum Gasteiger partial charge on any atom is -0.376 e. The Labute approximate surface area is 198 Å². The number of aromatic nitrogens is 2. The van der Waals surface area contributed by atoms with E-state index in [4.69, 9.17) is 4.74 Å². The molecule has 2 aromatic heterocycles. The van der Waals surface area contributed by atoms with E-state index in [-0.39, 0.29) is 0 Å². The molecule has 0 aliphatic rings. The average Bonchev–Trinajstić information content (AvgIpc) is 3.37. The van der Waals surface area contributed by atoms with Crippen molar-refractivity contribution in [2.75, 3.05) is 31.2 Å². The molecule has 8 nitrogen and oxygen atoms in total. The number of azo groups is 1. The number of rotatable bonds is 10. The van der Waals surface area contributed by atoms with E-state index >= 15 is 0 Å². The quantitative estimate of drug-likeness (QED) is 0.248. The van der Waals surface area contributed by atoms with Crippen molar-refractivity contribution in [3.8, 4) is 12.1 Å². The molecule has 9 heteroatoms. The Hall–Kier alpha value is -3.53. The molecule has 0 atom stereocenters. The lowest BCUT2D eigenvalue weighted by Crippen LogP contribution is -2.27. The van der Waals surface area contributed by atoms with Gasteiger partial charge in [-0.25, -0.2) is 9.13 Å². The molecule has 33 heavy (non-hydrogen) atoms. The zero-order valence-electron chi connectivity index (χ0n) is 19.4. The first-order valence-corrected chi connectivity index (χ1v) is 11.6. The molecule has 170 valence electrons. The molecule has 3 aromatic rings. The standard InChI is InChI=1S/C24H28N7OS/c1-5-31(11-13-32-12-10-30-9-8-29(4)17-30)20-6-7-22(18(2)14-20)27-28-24-21(15-25)19(3)23(16-26)33-24/h6-9,14,17H,5,10-13H2,1-4H3/q+1/b28-27+. The zero-order valence-corrected chi connectivity index (χ0v) is 20.3. The highest BCUT2D eigenvalue weighted by Crippen LogP contribution is 2.36. The highest BCUT2D eigenvalue weighted by atomic mass is 32.1. The first kappa shape index (κ1) is 24.1. The van der Waals surface area contributed by atoms with Crippen LogP contribution in [0.25, 0.3) is 0 Å². The number of thiophene rings is 1. The van der Waals surface area contributed by atoms with Crippen molar-refractivity contribution in [2.24, 2.45) is 17.3 Å². The van der Waals surface area contributed by atoms with Crippen LogP contribution in [-0.4, -0.2) is 30.9 Å². The number of aryl methyl sites for hydroxylation is 2. The Morgan fingerprint density at radius 2 is 2.00 bits per heavy atom. The van der Waals surface area contributed by atoms with Crippen LogP contribution in [-0.2, 0) is 18.3 Å². The van der Waals surface area contributed by atoms with Crippen LogP contribution in [0.5, 0.6) is 0 Å². The van der Waals surface area contributed by atoms with Crippen LogP contribution in [0.3, 0.4) is 0 Å². The summed E-state index contributed by atoms with van der Waals surface area (Å²) in [5.41, 5.74) is 3.90. The second-order valence-corrected chi connectivity index (χ2v) is 8.64. The lowest BCUT2D eigenvalue weighted by molar-refractivity contribution is -0.671. The first-order chi connectivity index (χ1) is 16.0. The molecule has 0 spiro atoms. The van der Waals surface area contributed by atoms with Gasteiger partial charge < -0.3 is 9.64 Å². The van der Waals surface area contributed by atoms with Gasteiger partial charge in [0.1, 0.15) is 36.0 Å². The number of nitrogens with zero attached hydrogens (tertiary/aromatic N) is 7. The normalized spacial score (nSPS) is 11.0. The van der Waals surface area contributed by atoms with Gasteiger partial charge in [-0.05, 0) is 50.1 Å². The van der Waals surface area contributed by atoms with Crippen molar-refractivity contribution in [1.82, 2.24) is 4.57 Å². The van der Waals surface area contributed by atoms with Gasteiger partial charge in [-0.3, -0.25) is 0 Å². The van der Waals surface area contributed by atoms with Crippen LogP contribution in [0.1, 0.15) is 28.5 Å². The summed E-state index contributed by atoms with van der Waals surface area (Å²) < 4.78 is 9.95. The van der Waals surface area contributed by atoms with Gasteiger partial charge in [-0.1, -0.05) is 0 Å². The lowest BCUT2D eigenvalue weighted by Gasteiger charge is -2.23.